The van der Waals surface area contributed by atoms with E-state index >= 15 is 0 Å². The van der Waals surface area contributed by atoms with E-state index in [2.05, 4.69) is 9.64 Å². The van der Waals surface area contributed by atoms with Crippen LogP contribution >= 0.6 is 0 Å². The summed E-state index contributed by atoms with van der Waals surface area (Å²) in [6.07, 6.45) is 11.5. The van der Waals surface area contributed by atoms with Crippen LogP contribution in [-0.4, -0.2) is 30.6 Å². The predicted octanol–water partition coefficient (Wildman–Crippen LogP) is 2.33. The van der Waals surface area contributed by atoms with Crippen molar-refractivity contribution in [3.63, 3.8) is 0 Å². The minimum absolute atomic E-state index is 0.252. The van der Waals surface area contributed by atoms with Crippen LogP contribution in [0.15, 0.2) is 12.3 Å². The summed E-state index contributed by atoms with van der Waals surface area (Å²) in [5.74, 6) is 0.600. The minimum Gasteiger partial charge on any atom is -0.466 e. The lowest BCUT2D eigenvalue weighted by Gasteiger charge is -2.43. The van der Waals surface area contributed by atoms with E-state index in [1.165, 1.54) is 45.6 Å². The highest BCUT2D eigenvalue weighted by Crippen LogP contribution is 2.35. The Morgan fingerprint density at radius 2 is 2.00 bits per heavy atom. The van der Waals surface area contributed by atoms with Gasteiger partial charge in [0.15, 0.2) is 0 Å². The zero-order valence-electron chi connectivity index (χ0n) is 10.0. The number of piperidine rings is 1. The van der Waals surface area contributed by atoms with Crippen molar-refractivity contribution in [1.29, 1.82) is 0 Å². The number of hydrogen-bond acceptors (Lipinski definition) is 3. The average Bonchev–Trinajstić information content (AvgIpc) is 2.35. The number of nitrogens with zero attached hydrogens (tertiary/aromatic N) is 1. The molecule has 0 unspecified atom stereocenters. The van der Waals surface area contributed by atoms with Crippen molar-refractivity contribution < 1.29 is 9.53 Å². The van der Waals surface area contributed by atoms with Crippen LogP contribution in [0.5, 0.6) is 0 Å². The molecule has 1 aliphatic heterocycles. The van der Waals surface area contributed by atoms with Crippen LogP contribution in [0.25, 0.3) is 0 Å². The first-order valence-corrected chi connectivity index (χ1v) is 6.33. The maximum atomic E-state index is 11.1. The molecule has 0 amide bonds. The van der Waals surface area contributed by atoms with Gasteiger partial charge in [0, 0.05) is 24.9 Å². The Kier molecular flexibility index (Phi) is 3.86. The van der Waals surface area contributed by atoms with E-state index in [9.17, 15) is 4.79 Å². The summed E-state index contributed by atoms with van der Waals surface area (Å²) in [6, 6.07) is 0.670. The molecule has 0 radical (unpaired) electrons. The van der Waals surface area contributed by atoms with E-state index in [-0.39, 0.29) is 5.97 Å². The first kappa shape index (κ1) is 11.5. The summed E-state index contributed by atoms with van der Waals surface area (Å²) in [7, 11) is 1.42. The number of likely N-dealkylation sites (tertiary alicyclic amines) is 1. The van der Waals surface area contributed by atoms with Gasteiger partial charge in [-0.05, 0) is 31.6 Å². The maximum Gasteiger partial charge on any atom is 0.331 e. The topological polar surface area (TPSA) is 29.5 Å². The van der Waals surface area contributed by atoms with E-state index in [0.717, 1.165) is 12.5 Å². The molecule has 3 heteroatoms. The van der Waals surface area contributed by atoms with Crippen LogP contribution in [0.2, 0.25) is 0 Å². The van der Waals surface area contributed by atoms with Gasteiger partial charge in [-0.25, -0.2) is 4.79 Å². The van der Waals surface area contributed by atoms with E-state index in [1.807, 2.05) is 6.20 Å². The van der Waals surface area contributed by atoms with Gasteiger partial charge in [-0.3, -0.25) is 0 Å². The third kappa shape index (κ3) is 2.57. The Bertz CT molecular complexity index is 273. The number of carbonyl (C=O) groups excluding carboxylic acids is 1. The van der Waals surface area contributed by atoms with E-state index < -0.39 is 0 Å². The Labute approximate surface area is 97.5 Å². The summed E-state index contributed by atoms with van der Waals surface area (Å²) in [6.45, 7) is 1.09. The molecule has 0 spiro atoms. The fourth-order valence-electron chi connectivity index (χ4n) is 3.07. The standard InChI is InChI=1S/C13H21NO2/c1-16-13(15)8-10-14-9-4-6-11-5-2-3-7-12(11)14/h8,10-12H,2-7,9H2,1H3/b10-8+/t11-,12-/m1/s1. The van der Waals surface area contributed by atoms with Gasteiger partial charge >= 0.3 is 5.97 Å². The van der Waals surface area contributed by atoms with Gasteiger partial charge in [-0.2, -0.15) is 0 Å². The van der Waals surface area contributed by atoms with Gasteiger partial charge in [0.1, 0.15) is 0 Å². The van der Waals surface area contributed by atoms with E-state index in [4.69, 9.17) is 0 Å². The summed E-state index contributed by atoms with van der Waals surface area (Å²) in [5, 5.41) is 0. The molecule has 0 bridgehead atoms. The molecule has 1 heterocycles. The molecule has 16 heavy (non-hydrogen) atoms. The van der Waals surface area contributed by atoms with Crippen molar-refractivity contribution in [2.24, 2.45) is 5.92 Å². The number of rotatable bonds is 2. The molecule has 0 N–H and O–H groups in total. The summed E-state index contributed by atoms with van der Waals surface area (Å²) >= 11 is 0. The lowest BCUT2D eigenvalue weighted by molar-refractivity contribution is -0.134. The first-order chi connectivity index (χ1) is 7.81. The molecule has 2 aliphatic rings. The zero-order chi connectivity index (χ0) is 11.4. The molecular weight excluding hydrogens is 202 g/mol. The van der Waals surface area contributed by atoms with Crippen LogP contribution in [-0.2, 0) is 9.53 Å². The van der Waals surface area contributed by atoms with Crippen molar-refractivity contribution in [2.45, 2.75) is 44.6 Å². The average molecular weight is 223 g/mol. The molecule has 0 aromatic carbocycles. The van der Waals surface area contributed by atoms with Crippen molar-refractivity contribution in [3.8, 4) is 0 Å². The Balaban J connectivity index is 1.97. The fraction of sp³-hybridized carbons (Fsp3) is 0.769. The smallest absolute Gasteiger partial charge is 0.331 e. The molecule has 0 aromatic heterocycles. The third-order valence-corrected chi connectivity index (χ3v) is 3.89. The van der Waals surface area contributed by atoms with Crippen molar-refractivity contribution in [1.82, 2.24) is 4.90 Å². The van der Waals surface area contributed by atoms with Crippen LogP contribution < -0.4 is 0 Å². The van der Waals surface area contributed by atoms with Crippen molar-refractivity contribution in [2.75, 3.05) is 13.7 Å². The number of fused-ring (bicyclic) bond motifs is 1. The molecule has 1 saturated carbocycles. The Morgan fingerprint density at radius 1 is 1.25 bits per heavy atom. The van der Waals surface area contributed by atoms with Gasteiger partial charge in [-0.1, -0.05) is 12.8 Å². The molecule has 1 saturated heterocycles. The second-order valence-corrected chi connectivity index (χ2v) is 4.83. The van der Waals surface area contributed by atoms with Crippen LogP contribution in [0.4, 0.5) is 0 Å². The molecule has 3 nitrogen and oxygen atoms in total. The highest BCUT2D eigenvalue weighted by atomic mass is 16.5. The molecule has 2 rings (SSSR count). The van der Waals surface area contributed by atoms with Crippen LogP contribution in [0, 0.1) is 5.92 Å². The largest absolute Gasteiger partial charge is 0.466 e. The summed E-state index contributed by atoms with van der Waals surface area (Å²) < 4.78 is 4.62. The van der Waals surface area contributed by atoms with Crippen LogP contribution in [0.1, 0.15) is 38.5 Å². The number of carbonyl (C=O) groups is 1. The number of hydrogen-bond donors (Lipinski definition) is 0. The Hall–Kier alpha value is -0.990. The van der Waals surface area contributed by atoms with Gasteiger partial charge in [-0.15, -0.1) is 0 Å². The fourth-order valence-corrected chi connectivity index (χ4v) is 3.07. The highest BCUT2D eigenvalue weighted by molar-refractivity contribution is 5.81. The van der Waals surface area contributed by atoms with Gasteiger partial charge in [0.05, 0.1) is 7.11 Å². The molecule has 2 atom stereocenters. The molecule has 1 aliphatic carbocycles. The number of ether oxygens (including phenoxy) is 1. The second kappa shape index (κ2) is 5.37. The van der Waals surface area contributed by atoms with Gasteiger partial charge in [0.25, 0.3) is 0 Å². The van der Waals surface area contributed by atoms with Gasteiger partial charge in [0.2, 0.25) is 0 Å². The van der Waals surface area contributed by atoms with Crippen molar-refractivity contribution >= 4 is 5.97 Å². The first-order valence-electron chi connectivity index (χ1n) is 6.33. The molecule has 0 aromatic rings. The summed E-state index contributed by atoms with van der Waals surface area (Å²) in [5.41, 5.74) is 0. The quantitative estimate of drug-likeness (QED) is 0.531. The SMILES string of the molecule is COC(=O)/C=C/N1CCC[C@H]2CCCC[C@H]21. The molecular formula is C13H21NO2. The number of esters is 1. The lowest BCUT2D eigenvalue weighted by Crippen LogP contribution is -2.43. The second-order valence-electron chi connectivity index (χ2n) is 4.83. The lowest BCUT2D eigenvalue weighted by atomic mass is 9.78. The molecule has 90 valence electrons. The maximum absolute atomic E-state index is 11.1. The normalized spacial score (nSPS) is 30.2. The van der Waals surface area contributed by atoms with Crippen molar-refractivity contribution in [3.05, 3.63) is 12.3 Å². The Morgan fingerprint density at radius 3 is 2.81 bits per heavy atom. The highest BCUT2D eigenvalue weighted by Gasteiger charge is 2.31. The third-order valence-electron chi connectivity index (χ3n) is 3.89. The van der Waals surface area contributed by atoms with E-state index in [0.29, 0.717) is 6.04 Å². The monoisotopic (exact) mass is 223 g/mol. The zero-order valence-corrected chi connectivity index (χ0v) is 10.0. The molecule has 2 fully saturated rings. The van der Waals surface area contributed by atoms with Crippen LogP contribution in [0.3, 0.4) is 0 Å². The minimum atomic E-state index is -0.252. The number of methoxy groups -OCH3 is 1. The predicted molar refractivity (Wildman–Crippen MR) is 62.8 cm³/mol. The van der Waals surface area contributed by atoms with E-state index in [1.54, 1.807) is 6.08 Å². The summed E-state index contributed by atoms with van der Waals surface area (Å²) in [4.78, 5) is 13.4. The van der Waals surface area contributed by atoms with Gasteiger partial charge < -0.3 is 9.64 Å².